The van der Waals surface area contributed by atoms with Crippen LogP contribution >= 0.6 is 11.6 Å². The Bertz CT molecular complexity index is 185. The number of hydrogen-bond acceptors (Lipinski definition) is 1. The molecule has 0 aromatic heterocycles. The van der Waals surface area contributed by atoms with Gasteiger partial charge in [-0.05, 0) is 33.1 Å². The summed E-state index contributed by atoms with van der Waals surface area (Å²) in [6.07, 6.45) is 3.54. The lowest BCUT2D eigenvalue weighted by Gasteiger charge is -2.33. The first-order valence-electron chi connectivity index (χ1n) is 4.93. The highest BCUT2D eigenvalue weighted by Gasteiger charge is 2.31. The molecule has 1 aliphatic heterocycles. The van der Waals surface area contributed by atoms with Crippen molar-refractivity contribution < 1.29 is 4.79 Å². The van der Waals surface area contributed by atoms with E-state index in [1.54, 1.807) is 0 Å². The molecule has 3 heteroatoms. The smallest absolute Gasteiger partial charge is 0.229 e. The fourth-order valence-electron chi connectivity index (χ4n) is 1.58. The Hall–Kier alpha value is -0.240. The van der Waals surface area contributed by atoms with Gasteiger partial charge in [-0.3, -0.25) is 4.79 Å². The summed E-state index contributed by atoms with van der Waals surface area (Å²) in [5.41, 5.74) is -0.390. The Balaban J connectivity index is 2.55. The second-order valence-electron chi connectivity index (χ2n) is 4.37. The SMILES string of the molecule is CC(C)(CCl)C(=O)N1CCCCC1. The number of carbonyl (C=O) groups is 1. The maximum atomic E-state index is 11.9. The minimum atomic E-state index is -0.390. The van der Waals surface area contributed by atoms with Gasteiger partial charge in [-0.15, -0.1) is 11.6 Å². The number of amides is 1. The van der Waals surface area contributed by atoms with E-state index >= 15 is 0 Å². The Morgan fingerprint density at radius 1 is 1.31 bits per heavy atom. The number of alkyl halides is 1. The lowest BCUT2D eigenvalue weighted by atomic mass is 9.93. The van der Waals surface area contributed by atoms with E-state index in [4.69, 9.17) is 11.6 Å². The largest absolute Gasteiger partial charge is 0.342 e. The molecular weight excluding hydrogens is 186 g/mol. The average Bonchev–Trinajstić information content (AvgIpc) is 2.18. The van der Waals surface area contributed by atoms with Crippen LogP contribution in [0.2, 0.25) is 0 Å². The molecule has 1 rings (SSSR count). The standard InChI is InChI=1S/C10H18ClNO/c1-10(2,8-11)9(13)12-6-4-3-5-7-12/h3-8H2,1-2H3. The van der Waals surface area contributed by atoms with Crippen molar-refractivity contribution in [3.8, 4) is 0 Å². The second kappa shape index (κ2) is 4.32. The molecule has 1 aliphatic rings. The number of nitrogens with zero attached hydrogens (tertiary/aromatic N) is 1. The van der Waals surface area contributed by atoms with E-state index in [0.717, 1.165) is 25.9 Å². The summed E-state index contributed by atoms with van der Waals surface area (Å²) in [6.45, 7) is 5.66. The van der Waals surface area contributed by atoms with Gasteiger partial charge >= 0.3 is 0 Å². The van der Waals surface area contributed by atoms with Gasteiger partial charge in [0.2, 0.25) is 5.91 Å². The molecule has 0 aromatic carbocycles. The summed E-state index contributed by atoms with van der Waals surface area (Å²) in [5, 5.41) is 0. The van der Waals surface area contributed by atoms with Crippen molar-refractivity contribution in [1.29, 1.82) is 0 Å². The lowest BCUT2D eigenvalue weighted by molar-refractivity contribution is -0.140. The van der Waals surface area contributed by atoms with E-state index in [0.29, 0.717) is 5.88 Å². The minimum absolute atomic E-state index is 0.210. The predicted molar refractivity (Wildman–Crippen MR) is 54.9 cm³/mol. The molecule has 1 amide bonds. The van der Waals surface area contributed by atoms with Gasteiger partial charge in [0.1, 0.15) is 0 Å². The molecule has 0 aromatic rings. The van der Waals surface area contributed by atoms with Crippen LogP contribution in [0.15, 0.2) is 0 Å². The molecular formula is C10H18ClNO. The fraction of sp³-hybridized carbons (Fsp3) is 0.900. The van der Waals surface area contributed by atoms with Gasteiger partial charge in [0.05, 0.1) is 5.41 Å². The first-order valence-corrected chi connectivity index (χ1v) is 5.47. The quantitative estimate of drug-likeness (QED) is 0.631. The summed E-state index contributed by atoms with van der Waals surface area (Å²) >= 11 is 5.76. The monoisotopic (exact) mass is 203 g/mol. The molecule has 0 aliphatic carbocycles. The Labute approximate surface area is 85.2 Å². The zero-order valence-electron chi connectivity index (χ0n) is 8.48. The van der Waals surface area contributed by atoms with Gasteiger partial charge in [-0.2, -0.15) is 0 Å². The van der Waals surface area contributed by atoms with Gasteiger partial charge in [0.15, 0.2) is 0 Å². The first-order chi connectivity index (χ1) is 6.08. The highest BCUT2D eigenvalue weighted by molar-refractivity contribution is 6.19. The van der Waals surface area contributed by atoms with E-state index in [-0.39, 0.29) is 11.3 Å². The highest BCUT2D eigenvalue weighted by Crippen LogP contribution is 2.22. The number of rotatable bonds is 2. The molecule has 2 nitrogen and oxygen atoms in total. The number of likely N-dealkylation sites (tertiary alicyclic amines) is 1. The fourth-order valence-corrected chi connectivity index (χ4v) is 1.70. The van der Waals surface area contributed by atoms with Crippen LogP contribution in [0.1, 0.15) is 33.1 Å². The van der Waals surface area contributed by atoms with Gasteiger partial charge < -0.3 is 4.90 Å². The molecule has 0 atom stereocenters. The van der Waals surface area contributed by atoms with Gasteiger partial charge in [0, 0.05) is 19.0 Å². The number of hydrogen-bond donors (Lipinski definition) is 0. The summed E-state index contributed by atoms with van der Waals surface area (Å²) in [7, 11) is 0. The zero-order valence-corrected chi connectivity index (χ0v) is 9.23. The Kier molecular flexibility index (Phi) is 3.60. The third-order valence-electron chi connectivity index (χ3n) is 2.56. The molecule has 1 heterocycles. The van der Waals surface area contributed by atoms with Crippen molar-refractivity contribution in [2.75, 3.05) is 19.0 Å². The highest BCUT2D eigenvalue weighted by atomic mass is 35.5. The Morgan fingerprint density at radius 3 is 2.31 bits per heavy atom. The van der Waals surface area contributed by atoms with Crippen molar-refractivity contribution in [3.63, 3.8) is 0 Å². The molecule has 0 saturated carbocycles. The van der Waals surface area contributed by atoms with Crippen molar-refractivity contribution in [2.45, 2.75) is 33.1 Å². The van der Waals surface area contributed by atoms with Crippen LogP contribution in [0.3, 0.4) is 0 Å². The van der Waals surface area contributed by atoms with E-state index in [2.05, 4.69) is 0 Å². The van der Waals surface area contributed by atoms with Crippen LogP contribution in [0.25, 0.3) is 0 Å². The molecule has 13 heavy (non-hydrogen) atoms. The maximum absolute atomic E-state index is 11.9. The van der Waals surface area contributed by atoms with Crippen molar-refractivity contribution in [1.82, 2.24) is 4.90 Å². The molecule has 76 valence electrons. The van der Waals surface area contributed by atoms with E-state index in [9.17, 15) is 4.79 Å². The Morgan fingerprint density at radius 2 is 1.85 bits per heavy atom. The summed E-state index contributed by atoms with van der Waals surface area (Å²) in [5.74, 6) is 0.615. The van der Waals surface area contributed by atoms with E-state index in [1.165, 1.54) is 6.42 Å². The van der Waals surface area contributed by atoms with Crippen LogP contribution in [0, 0.1) is 5.41 Å². The van der Waals surface area contributed by atoms with Crippen molar-refractivity contribution in [2.24, 2.45) is 5.41 Å². The zero-order chi connectivity index (χ0) is 9.90. The summed E-state index contributed by atoms with van der Waals surface area (Å²) < 4.78 is 0. The van der Waals surface area contributed by atoms with Crippen LogP contribution < -0.4 is 0 Å². The van der Waals surface area contributed by atoms with Gasteiger partial charge in [-0.25, -0.2) is 0 Å². The molecule has 1 saturated heterocycles. The van der Waals surface area contributed by atoms with E-state index in [1.807, 2.05) is 18.7 Å². The van der Waals surface area contributed by atoms with Gasteiger partial charge in [-0.1, -0.05) is 0 Å². The normalized spacial score (nSPS) is 18.8. The molecule has 0 spiro atoms. The van der Waals surface area contributed by atoms with Crippen molar-refractivity contribution in [3.05, 3.63) is 0 Å². The van der Waals surface area contributed by atoms with Crippen LogP contribution in [-0.4, -0.2) is 29.8 Å². The summed E-state index contributed by atoms with van der Waals surface area (Å²) in [4.78, 5) is 13.8. The average molecular weight is 204 g/mol. The molecule has 0 bridgehead atoms. The topological polar surface area (TPSA) is 20.3 Å². The molecule has 1 fully saturated rings. The third-order valence-corrected chi connectivity index (χ3v) is 3.22. The molecule has 0 unspecified atom stereocenters. The third kappa shape index (κ3) is 2.60. The number of piperidine rings is 1. The predicted octanol–water partition coefficient (Wildman–Crippen LogP) is 2.26. The lowest BCUT2D eigenvalue weighted by Crippen LogP contribution is -2.44. The molecule has 0 radical (unpaired) electrons. The number of halogens is 1. The minimum Gasteiger partial charge on any atom is -0.342 e. The second-order valence-corrected chi connectivity index (χ2v) is 4.64. The first kappa shape index (κ1) is 10.8. The van der Waals surface area contributed by atoms with Crippen LogP contribution in [-0.2, 0) is 4.79 Å². The van der Waals surface area contributed by atoms with Crippen LogP contribution in [0.5, 0.6) is 0 Å². The van der Waals surface area contributed by atoms with Crippen molar-refractivity contribution >= 4 is 17.5 Å². The maximum Gasteiger partial charge on any atom is 0.229 e. The van der Waals surface area contributed by atoms with E-state index < -0.39 is 0 Å². The van der Waals surface area contributed by atoms with Crippen LogP contribution in [0.4, 0.5) is 0 Å². The molecule has 0 N–H and O–H groups in total. The summed E-state index contributed by atoms with van der Waals surface area (Å²) in [6, 6.07) is 0. The van der Waals surface area contributed by atoms with Gasteiger partial charge in [0.25, 0.3) is 0 Å². The number of carbonyl (C=O) groups excluding carboxylic acids is 1.